The van der Waals surface area contributed by atoms with Gasteiger partial charge in [-0.3, -0.25) is 9.59 Å². The summed E-state index contributed by atoms with van der Waals surface area (Å²) in [5, 5.41) is 14.4. The first kappa shape index (κ1) is 25.2. The van der Waals surface area contributed by atoms with Crippen molar-refractivity contribution in [2.24, 2.45) is 7.05 Å². The summed E-state index contributed by atoms with van der Waals surface area (Å²) in [4.78, 5) is 28.7. The van der Waals surface area contributed by atoms with Crippen LogP contribution in [0.4, 0.5) is 5.82 Å². The lowest BCUT2D eigenvalue weighted by molar-refractivity contribution is -0.123. The minimum atomic E-state index is -0.251. The maximum atomic E-state index is 12.3. The van der Waals surface area contributed by atoms with Gasteiger partial charge in [0.15, 0.2) is 17.6 Å². The molecule has 0 saturated carbocycles. The van der Waals surface area contributed by atoms with Crippen LogP contribution in [0.5, 0.6) is 5.75 Å². The van der Waals surface area contributed by atoms with Gasteiger partial charge < -0.3 is 19.9 Å². The summed E-state index contributed by atoms with van der Waals surface area (Å²) in [6.07, 6.45) is 1.63. The van der Waals surface area contributed by atoms with Crippen molar-refractivity contribution in [3.8, 4) is 5.75 Å². The Kier molecular flexibility index (Phi) is 8.64. The fraction of sp³-hybridized carbons (Fsp3) is 0.375. The summed E-state index contributed by atoms with van der Waals surface area (Å²) in [7, 11) is 1.79. The zero-order valence-electron chi connectivity index (χ0n) is 20.1. The largest absolute Gasteiger partial charge is 0.483 e. The number of nitrogens with one attached hydrogen (secondary N) is 2. The van der Waals surface area contributed by atoms with E-state index in [9.17, 15) is 9.59 Å². The Morgan fingerprint density at radius 1 is 1.15 bits per heavy atom. The third kappa shape index (κ3) is 6.80. The average Bonchev–Trinajstić information content (AvgIpc) is 3.15. The number of nitrogens with zero attached hydrogens (tertiary/aromatic N) is 4. The van der Waals surface area contributed by atoms with Gasteiger partial charge in [-0.15, -0.1) is 10.2 Å². The minimum absolute atomic E-state index is 0.0876. The van der Waals surface area contributed by atoms with E-state index in [-0.39, 0.29) is 30.7 Å². The third-order valence-electron chi connectivity index (χ3n) is 5.12. The van der Waals surface area contributed by atoms with Gasteiger partial charge in [0.05, 0.1) is 12.3 Å². The Morgan fingerprint density at radius 3 is 2.68 bits per heavy atom. The maximum absolute atomic E-state index is 12.3. The van der Waals surface area contributed by atoms with Crippen LogP contribution in [0.15, 0.2) is 41.7 Å². The number of carbonyl (C=O) groups excluding carboxylic acids is 2. The van der Waals surface area contributed by atoms with E-state index < -0.39 is 0 Å². The highest BCUT2D eigenvalue weighted by atomic mass is 32.2. The van der Waals surface area contributed by atoms with Crippen molar-refractivity contribution in [2.45, 2.75) is 45.3 Å². The predicted molar refractivity (Wildman–Crippen MR) is 132 cm³/mol. The highest BCUT2D eigenvalue weighted by Crippen LogP contribution is 2.27. The number of benzene rings is 1. The lowest BCUT2D eigenvalue weighted by Gasteiger charge is -2.14. The molecule has 0 bridgehead atoms. The topological polar surface area (TPSA) is 111 Å². The summed E-state index contributed by atoms with van der Waals surface area (Å²) in [5.74, 6) is 1.87. The van der Waals surface area contributed by atoms with Gasteiger partial charge in [-0.2, -0.15) is 0 Å². The molecular weight excluding hydrogens is 452 g/mol. The molecule has 0 spiro atoms. The monoisotopic (exact) mass is 482 g/mol. The molecule has 3 aromatic rings. The number of thioether (sulfide) groups is 1. The molecule has 2 amide bonds. The van der Waals surface area contributed by atoms with Crippen molar-refractivity contribution in [1.29, 1.82) is 0 Å². The Labute approximate surface area is 203 Å². The van der Waals surface area contributed by atoms with E-state index in [2.05, 4.69) is 39.7 Å². The van der Waals surface area contributed by atoms with Crippen molar-refractivity contribution < 1.29 is 14.3 Å². The number of amides is 2. The number of ether oxygens (including phenoxy) is 1. The van der Waals surface area contributed by atoms with Gasteiger partial charge in [-0.25, -0.2) is 4.98 Å². The predicted octanol–water partition coefficient (Wildman–Crippen LogP) is 3.38. The SMILES string of the molecule is Cc1ccc(C(C)C)c(OCC(=O)NCc2nnc(SCC(=O)Nc3ncccc3C)n2C)c1. The van der Waals surface area contributed by atoms with Crippen molar-refractivity contribution in [3.63, 3.8) is 0 Å². The minimum Gasteiger partial charge on any atom is -0.483 e. The van der Waals surface area contributed by atoms with Gasteiger partial charge in [-0.1, -0.05) is 43.8 Å². The molecular formula is C24H30N6O3S. The molecule has 0 atom stereocenters. The Bertz CT molecular complexity index is 1160. The molecule has 0 unspecified atom stereocenters. The van der Waals surface area contributed by atoms with Crippen molar-refractivity contribution in [2.75, 3.05) is 17.7 Å². The normalized spacial score (nSPS) is 10.9. The van der Waals surface area contributed by atoms with Crippen LogP contribution < -0.4 is 15.4 Å². The summed E-state index contributed by atoms with van der Waals surface area (Å²) in [5.41, 5.74) is 3.03. The molecule has 0 aliphatic heterocycles. The number of hydrogen-bond donors (Lipinski definition) is 2. The molecule has 0 aliphatic rings. The van der Waals surface area contributed by atoms with Crippen LogP contribution in [-0.2, 0) is 23.2 Å². The molecule has 0 aliphatic carbocycles. The number of hydrogen-bond acceptors (Lipinski definition) is 7. The van der Waals surface area contributed by atoms with Crippen LogP contribution in [0.2, 0.25) is 0 Å². The first-order chi connectivity index (χ1) is 16.2. The summed E-state index contributed by atoms with van der Waals surface area (Å²) in [6.45, 7) is 8.17. The maximum Gasteiger partial charge on any atom is 0.258 e. The van der Waals surface area contributed by atoms with Gasteiger partial charge in [-0.05, 0) is 48.6 Å². The number of carbonyl (C=O) groups is 2. The first-order valence-corrected chi connectivity index (χ1v) is 12.0. The first-order valence-electron chi connectivity index (χ1n) is 11.0. The molecule has 180 valence electrons. The number of aromatic nitrogens is 4. The van der Waals surface area contributed by atoms with Crippen LogP contribution in [0.3, 0.4) is 0 Å². The molecule has 9 nitrogen and oxygen atoms in total. The second-order valence-electron chi connectivity index (χ2n) is 8.22. The molecule has 34 heavy (non-hydrogen) atoms. The Hall–Kier alpha value is -3.40. The van der Waals surface area contributed by atoms with Gasteiger partial charge in [0.2, 0.25) is 5.91 Å². The zero-order valence-corrected chi connectivity index (χ0v) is 20.9. The summed E-state index contributed by atoms with van der Waals surface area (Å²) < 4.78 is 7.53. The lowest BCUT2D eigenvalue weighted by atomic mass is 10.0. The van der Waals surface area contributed by atoms with Gasteiger partial charge in [0, 0.05) is 13.2 Å². The number of aryl methyl sites for hydroxylation is 2. The highest BCUT2D eigenvalue weighted by Gasteiger charge is 2.14. The molecule has 0 fully saturated rings. The van der Waals surface area contributed by atoms with E-state index in [1.807, 2.05) is 44.2 Å². The smallest absolute Gasteiger partial charge is 0.258 e. The summed E-state index contributed by atoms with van der Waals surface area (Å²) in [6, 6.07) is 9.71. The molecule has 3 rings (SSSR count). The molecule has 2 aromatic heterocycles. The Balaban J connectivity index is 1.48. The fourth-order valence-corrected chi connectivity index (χ4v) is 3.88. The summed E-state index contributed by atoms with van der Waals surface area (Å²) >= 11 is 1.26. The fourth-order valence-electron chi connectivity index (χ4n) is 3.16. The van der Waals surface area contributed by atoms with Crippen LogP contribution in [0.25, 0.3) is 0 Å². The number of pyridine rings is 1. The molecule has 0 radical (unpaired) electrons. The van der Waals surface area contributed by atoms with Gasteiger partial charge in [0.1, 0.15) is 11.6 Å². The van der Waals surface area contributed by atoms with E-state index >= 15 is 0 Å². The van der Waals surface area contributed by atoms with E-state index in [1.165, 1.54) is 11.8 Å². The number of rotatable bonds is 10. The van der Waals surface area contributed by atoms with Crippen molar-refractivity contribution in [3.05, 3.63) is 59.0 Å². The standard InChI is InChI=1S/C24H30N6O3S/c1-15(2)18-9-8-16(3)11-19(18)33-13-21(31)26-12-20-28-29-24(30(20)5)34-14-22(32)27-23-17(4)7-6-10-25-23/h6-11,15H,12-14H2,1-5H3,(H,26,31)(H,25,27,32). The quantitative estimate of drug-likeness (QED) is 0.426. The van der Waals surface area contributed by atoms with Gasteiger partial charge in [0.25, 0.3) is 5.91 Å². The average molecular weight is 483 g/mol. The Morgan fingerprint density at radius 2 is 1.94 bits per heavy atom. The van der Waals surface area contributed by atoms with Crippen molar-refractivity contribution in [1.82, 2.24) is 25.1 Å². The van der Waals surface area contributed by atoms with Crippen LogP contribution in [0.1, 0.15) is 42.3 Å². The zero-order chi connectivity index (χ0) is 24.7. The number of anilines is 1. The lowest BCUT2D eigenvalue weighted by Crippen LogP contribution is -2.29. The second kappa shape index (κ2) is 11.6. The van der Waals surface area contributed by atoms with Gasteiger partial charge >= 0.3 is 0 Å². The molecule has 1 aromatic carbocycles. The van der Waals surface area contributed by atoms with E-state index in [0.717, 1.165) is 22.4 Å². The van der Waals surface area contributed by atoms with E-state index in [0.29, 0.717) is 22.7 Å². The van der Waals surface area contributed by atoms with E-state index in [1.54, 1.807) is 17.8 Å². The van der Waals surface area contributed by atoms with Crippen LogP contribution in [0, 0.1) is 13.8 Å². The molecule has 2 heterocycles. The second-order valence-corrected chi connectivity index (χ2v) is 9.17. The molecule has 2 N–H and O–H groups in total. The van der Waals surface area contributed by atoms with Crippen LogP contribution in [-0.4, -0.2) is 43.9 Å². The van der Waals surface area contributed by atoms with Crippen LogP contribution >= 0.6 is 11.8 Å². The third-order valence-corrected chi connectivity index (χ3v) is 6.14. The van der Waals surface area contributed by atoms with E-state index in [4.69, 9.17) is 4.74 Å². The molecule has 0 saturated heterocycles. The molecule has 10 heteroatoms. The van der Waals surface area contributed by atoms with Crippen molar-refractivity contribution >= 4 is 29.4 Å². The highest BCUT2D eigenvalue weighted by molar-refractivity contribution is 7.99.